The SMILES string of the molecule is CC(=O)Nc1ccc(NC(=S)Nc2ccc(NC3CCN(Cc4ccccc4)C3)c(Cl)c2)cc1. The molecule has 176 valence electrons. The Kier molecular flexibility index (Phi) is 8.00. The fourth-order valence-electron chi connectivity index (χ4n) is 4.00. The van der Waals surface area contributed by atoms with Crippen molar-refractivity contribution in [2.75, 3.05) is 34.4 Å². The summed E-state index contributed by atoms with van der Waals surface area (Å²) in [5, 5.41) is 13.7. The van der Waals surface area contributed by atoms with E-state index in [0.29, 0.717) is 16.2 Å². The van der Waals surface area contributed by atoms with E-state index in [1.54, 1.807) is 0 Å². The normalized spacial score (nSPS) is 15.5. The molecule has 1 heterocycles. The summed E-state index contributed by atoms with van der Waals surface area (Å²) in [5.41, 5.74) is 4.62. The van der Waals surface area contributed by atoms with Gasteiger partial charge in [0.1, 0.15) is 0 Å². The molecule has 1 atom stereocenters. The third-order valence-electron chi connectivity index (χ3n) is 5.57. The Labute approximate surface area is 210 Å². The molecule has 0 saturated carbocycles. The molecule has 0 spiro atoms. The molecule has 4 rings (SSSR count). The lowest BCUT2D eigenvalue weighted by Gasteiger charge is -2.19. The van der Waals surface area contributed by atoms with Gasteiger partial charge >= 0.3 is 0 Å². The molecule has 4 N–H and O–H groups in total. The molecule has 0 bridgehead atoms. The van der Waals surface area contributed by atoms with E-state index in [1.807, 2.05) is 48.5 Å². The topological polar surface area (TPSA) is 68.4 Å². The van der Waals surface area contributed by atoms with E-state index in [1.165, 1.54) is 12.5 Å². The number of likely N-dealkylation sites (tertiary alicyclic amines) is 1. The number of nitrogens with one attached hydrogen (secondary N) is 4. The molecular formula is C26H28ClN5OS. The second-order valence-electron chi connectivity index (χ2n) is 8.38. The molecule has 3 aromatic rings. The van der Waals surface area contributed by atoms with Crippen LogP contribution in [-0.4, -0.2) is 35.1 Å². The van der Waals surface area contributed by atoms with Gasteiger partial charge in [-0.15, -0.1) is 0 Å². The molecule has 1 aliphatic rings. The third-order valence-corrected chi connectivity index (χ3v) is 6.09. The molecule has 34 heavy (non-hydrogen) atoms. The number of carbonyl (C=O) groups is 1. The van der Waals surface area contributed by atoms with E-state index >= 15 is 0 Å². The van der Waals surface area contributed by atoms with E-state index < -0.39 is 0 Å². The van der Waals surface area contributed by atoms with Crippen LogP contribution in [0.3, 0.4) is 0 Å². The molecular weight excluding hydrogens is 466 g/mol. The second kappa shape index (κ2) is 11.3. The van der Waals surface area contributed by atoms with Gasteiger partial charge in [-0.2, -0.15) is 0 Å². The summed E-state index contributed by atoms with van der Waals surface area (Å²) in [6, 6.07) is 24.1. The molecule has 3 aromatic carbocycles. The summed E-state index contributed by atoms with van der Waals surface area (Å²) in [6.07, 6.45) is 1.08. The number of carbonyl (C=O) groups excluding carboxylic acids is 1. The molecule has 8 heteroatoms. The number of benzene rings is 3. The lowest BCUT2D eigenvalue weighted by molar-refractivity contribution is -0.114. The van der Waals surface area contributed by atoms with E-state index in [9.17, 15) is 4.79 Å². The number of hydrogen-bond acceptors (Lipinski definition) is 4. The minimum absolute atomic E-state index is 0.106. The first kappa shape index (κ1) is 24.0. The number of hydrogen-bond donors (Lipinski definition) is 4. The predicted octanol–water partition coefficient (Wildman–Crippen LogP) is 5.79. The summed E-state index contributed by atoms with van der Waals surface area (Å²) >= 11 is 12.0. The van der Waals surface area contributed by atoms with Gasteiger partial charge in [-0.3, -0.25) is 9.69 Å². The van der Waals surface area contributed by atoms with Crippen molar-refractivity contribution < 1.29 is 4.79 Å². The Bertz CT molecular complexity index is 1140. The first-order valence-electron chi connectivity index (χ1n) is 11.2. The largest absolute Gasteiger partial charge is 0.380 e. The summed E-state index contributed by atoms with van der Waals surface area (Å²) in [7, 11) is 0. The van der Waals surface area contributed by atoms with Gasteiger partial charge in [-0.25, -0.2) is 0 Å². The second-order valence-corrected chi connectivity index (χ2v) is 9.20. The lowest BCUT2D eigenvalue weighted by Crippen LogP contribution is -2.26. The highest BCUT2D eigenvalue weighted by molar-refractivity contribution is 7.80. The summed E-state index contributed by atoms with van der Waals surface area (Å²) in [6.45, 7) is 4.50. The molecule has 6 nitrogen and oxygen atoms in total. The maximum absolute atomic E-state index is 11.1. The predicted molar refractivity (Wildman–Crippen MR) is 146 cm³/mol. The third kappa shape index (κ3) is 6.93. The fraction of sp³-hybridized carbons (Fsp3) is 0.231. The van der Waals surface area contributed by atoms with Crippen LogP contribution in [0.5, 0.6) is 0 Å². The highest BCUT2D eigenvalue weighted by atomic mass is 35.5. The zero-order valence-corrected chi connectivity index (χ0v) is 20.5. The molecule has 1 unspecified atom stereocenters. The van der Waals surface area contributed by atoms with E-state index in [4.69, 9.17) is 23.8 Å². The van der Waals surface area contributed by atoms with Gasteiger partial charge in [0.25, 0.3) is 0 Å². The van der Waals surface area contributed by atoms with Crippen molar-refractivity contribution in [2.24, 2.45) is 0 Å². The van der Waals surface area contributed by atoms with Crippen LogP contribution < -0.4 is 21.3 Å². The van der Waals surface area contributed by atoms with Crippen LogP contribution in [0.4, 0.5) is 22.7 Å². The van der Waals surface area contributed by atoms with E-state index in [0.717, 1.165) is 48.8 Å². The molecule has 1 saturated heterocycles. The minimum atomic E-state index is -0.106. The van der Waals surface area contributed by atoms with Crippen molar-refractivity contribution in [1.29, 1.82) is 0 Å². The number of amides is 1. The average Bonchev–Trinajstić information content (AvgIpc) is 3.24. The quantitative estimate of drug-likeness (QED) is 0.312. The Hall–Kier alpha value is -3.13. The van der Waals surface area contributed by atoms with Gasteiger partial charge in [-0.05, 0) is 66.7 Å². The number of anilines is 4. The molecule has 0 aromatic heterocycles. The standard InChI is InChI=1S/C26H28ClN5OS/c1-18(33)28-20-7-9-21(10-8-20)30-26(34)31-22-11-12-25(24(27)15-22)29-23-13-14-32(17-23)16-19-5-3-2-4-6-19/h2-12,15,23,29H,13-14,16-17H2,1H3,(H,28,33)(H2,30,31,34). The van der Waals surface area contributed by atoms with E-state index in [2.05, 4.69) is 50.4 Å². The summed E-state index contributed by atoms with van der Waals surface area (Å²) in [5.74, 6) is -0.106. The summed E-state index contributed by atoms with van der Waals surface area (Å²) in [4.78, 5) is 13.6. The highest BCUT2D eigenvalue weighted by Crippen LogP contribution is 2.28. The molecule has 1 aliphatic heterocycles. The van der Waals surface area contributed by atoms with Crippen LogP contribution in [0.2, 0.25) is 5.02 Å². The zero-order chi connectivity index (χ0) is 23.9. The molecule has 1 fully saturated rings. The van der Waals surface area contributed by atoms with Gasteiger partial charge in [0.2, 0.25) is 5.91 Å². The van der Waals surface area contributed by atoms with E-state index in [-0.39, 0.29) is 5.91 Å². The van der Waals surface area contributed by atoms with Crippen molar-refractivity contribution in [1.82, 2.24) is 4.90 Å². The van der Waals surface area contributed by atoms with Gasteiger partial charge in [0, 0.05) is 49.7 Å². The monoisotopic (exact) mass is 493 g/mol. The zero-order valence-electron chi connectivity index (χ0n) is 19.0. The highest BCUT2D eigenvalue weighted by Gasteiger charge is 2.22. The first-order valence-corrected chi connectivity index (χ1v) is 12.0. The van der Waals surface area contributed by atoms with Crippen molar-refractivity contribution in [3.8, 4) is 0 Å². The van der Waals surface area contributed by atoms with Crippen LogP contribution in [0.25, 0.3) is 0 Å². The fourth-order valence-corrected chi connectivity index (χ4v) is 4.47. The smallest absolute Gasteiger partial charge is 0.221 e. The number of thiocarbonyl (C=S) groups is 1. The Morgan fingerprint density at radius 1 is 0.971 bits per heavy atom. The van der Waals surface area contributed by atoms with Crippen molar-refractivity contribution in [3.63, 3.8) is 0 Å². The van der Waals surface area contributed by atoms with Gasteiger partial charge in [-0.1, -0.05) is 41.9 Å². The van der Waals surface area contributed by atoms with Gasteiger partial charge in [0.15, 0.2) is 5.11 Å². The first-order chi connectivity index (χ1) is 16.4. The Balaban J connectivity index is 1.27. The van der Waals surface area contributed by atoms with Crippen LogP contribution >= 0.6 is 23.8 Å². The number of rotatable bonds is 7. The van der Waals surface area contributed by atoms with Crippen LogP contribution in [0, 0.1) is 0 Å². The van der Waals surface area contributed by atoms with Crippen molar-refractivity contribution in [2.45, 2.75) is 25.9 Å². The summed E-state index contributed by atoms with van der Waals surface area (Å²) < 4.78 is 0. The molecule has 1 amide bonds. The van der Waals surface area contributed by atoms with Crippen molar-refractivity contribution >= 4 is 57.6 Å². The number of nitrogens with zero attached hydrogens (tertiary/aromatic N) is 1. The molecule has 0 aliphatic carbocycles. The molecule has 0 radical (unpaired) electrons. The number of halogens is 1. The maximum Gasteiger partial charge on any atom is 0.221 e. The van der Waals surface area contributed by atoms with Gasteiger partial charge < -0.3 is 21.3 Å². The van der Waals surface area contributed by atoms with Crippen LogP contribution in [-0.2, 0) is 11.3 Å². The van der Waals surface area contributed by atoms with Crippen molar-refractivity contribution in [3.05, 3.63) is 83.4 Å². The Morgan fingerprint density at radius 3 is 2.29 bits per heavy atom. The van der Waals surface area contributed by atoms with Crippen LogP contribution in [0.1, 0.15) is 18.9 Å². The average molecular weight is 494 g/mol. The van der Waals surface area contributed by atoms with Gasteiger partial charge in [0.05, 0.1) is 10.7 Å². The lowest BCUT2D eigenvalue weighted by atomic mass is 10.2. The Morgan fingerprint density at radius 2 is 1.62 bits per heavy atom. The maximum atomic E-state index is 11.1. The minimum Gasteiger partial charge on any atom is -0.380 e. The van der Waals surface area contributed by atoms with Crippen LogP contribution in [0.15, 0.2) is 72.8 Å².